The van der Waals surface area contributed by atoms with E-state index in [9.17, 15) is 8.78 Å². The van der Waals surface area contributed by atoms with E-state index in [4.69, 9.17) is 10.6 Å². The Hall–Kier alpha value is -1.82. The molecule has 1 unspecified atom stereocenters. The van der Waals surface area contributed by atoms with E-state index in [2.05, 4.69) is 5.43 Å². The van der Waals surface area contributed by atoms with Crippen molar-refractivity contribution in [2.75, 3.05) is 0 Å². The quantitative estimate of drug-likeness (QED) is 0.672. The zero-order valence-electron chi connectivity index (χ0n) is 11.4. The normalized spacial score (nSPS) is 15.0. The molecule has 0 radical (unpaired) electrons. The van der Waals surface area contributed by atoms with Gasteiger partial charge in [0.25, 0.3) is 0 Å². The average molecular weight is 290 g/mol. The molecular formula is C16H16F2N2O. The van der Waals surface area contributed by atoms with Crippen molar-refractivity contribution < 1.29 is 13.5 Å². The maximum Gasteiger partial charge on any atom is 0.129 e. The number of nitrogens with one attached hydrogen (secondary N) is 1. The summed E-state index contributed by atoms with van der Waals surface area (Å²) < 4.78 is 32.9. The van der Waals surface area contributed by atoms with Gasteiger partial charge in [0.1, 0.15) is 11.6 Å². The lowest BCUT2D eigenvalue weighted by molar-refractivity contribution is 0.134. The van der Waals surface area contributed by atoms with Gasteiger partial charge in [0, 0.05) is 5.56 Å². The molecule has 110 valence electrons. The first kappa shape index (κ1) is 14.1. The minimum absolute atomic E-state index is 0.0391. The molecule has 1 aliphatic heterocycles. The van der Waals surface area contributed by atoms with Crippen LogP contribution in [0.25, 0.3) is 0 Å². The molecule has 5 heteroatoms. The summed E-state index contributed by atoms with van der Waals surface area (Å²) in [5.41, 5.74) is 5.81. The van der Waals surface area contributed by atoms with Crippen LogP contribution in [-0.4, -0.2) is 0 Å². The van der Waals surface area contributed by atoms with Gasteiger partial charge < -0.3 is 4.74 Å². The Morgan fingerprint density at radius 1 is 1.10 bits per heavy atom. The number of benzene rings is 2. The van der Waals surface area contributed by atoms with Crippen molar-refractivity contribution in [2.45, 2.75) is 25.7 Å². The van der Waals surface area contributed by atoms with Crippen molar-refractivity contribution >= 4 is 0 Å². The van der Waals surface area contributed by atoms with E-state index >= 15 is 0 Å². The number of halogens is 2. The molecule has 0 aromatic heterocycles. The molecule has 3 nitrogen and oxygen atoms in total. The highest BCUT2D eigenvalue weighted by Crippen LogP contribution is 2.26. The van der Waals surface area contributed by atoms with E-state index in [-0.39, 0.29) is 18.0 Å². The van der Waals surface area contributed by atoms with Gasteiger partial charge in [0.2, 0.25) is 0 Å². The van der Waals surface area contributed by atoms with Crippen LogP contribution in [0.2, 0.25) is 0 Å². The molecule has 0 amide bonds. The van der Waals surface area contributed by atoms with Crippen LogP contribution in [0.15, 0.2) is 36.4 Å². The maximum atomic E-state index is 13.8. The predicted octanol–water partition coefficient (Wildman–Crippen LogP) is 2.74. The molecule has 0 aliphatic carbocycles. The van der Waals surface area contributed by atoms with Crippen LogP contribution in [0.3, 0.4) is 0 Å². The minimum atomic E-state index is -0.556. The molecule has 0 saturated heterocycles. The highest BCUT2D eigenvalue weighted by Gasteiger charge is 2.19. The fourth-order valence-corrected chi connectivity index (χ4v) is 2.61. The Kier molecular flexibility index (Phi) is 3.96. The molecule has 3 rings (SSSR count). The largest absolute Gasteiger partial charge is 0.372 e. The van der Waals surface area contributed by atoms with Crippen LogP contribution in [0.1, 0.15) is 28.3 Å². The summed E-state index contributed by atoms with van der Waals surface area (Å²) in [6.45, 7) is 1.17. The zero-order valence-corrected chi connectivity index (χ0v) is 11.4. The fourth-order valence-electron chi connectivity index (χ4n) is 2.61. The Labute approximate surface area is 121 Å². The summed E-state index contributed by atoms with van der Waals surface area (Å²) in [4.78, 5) is 0. The molecule has 2 aromatic carbocycles. The molecule has 3 N–H and O–H groups in total. The van der Waals surface area contributed by atoms with Gasteiger partial charge in [-0.15, -0.1) is 0 Å². The molecule has 0 spiro atoms. The van der Waals surface area contributed by atoms with Gasteiger partial charge in [0.15, 0.2) is 0 Å². The SMILES string of the molecule is NNC(Cc1c(F)cccc1F)c1ccc2c(c1)COC2. The molecule has 1 atom stereocenters. The number of hydrogen-bond acceptors (Lipinski definition) is 3. The summed E-state index contributed by atoms with van der Waals surface area (Å²) in [5, 5.41) is 0. The second-order valence-corrected chi connectivity index (χ2v) is 5.14. The predicted molar refractivity (Wildman–Crippen MR) is 75.1 cm³/mol. The number of hydrogen-bond donors (Lipinski definition) is 2. The van der Waals surface area contributed by atoms with Crippen LogP contribution >= 0.6 is 0 Å². The number of ether oxygens (including phenoxy) is 1. The Bertz CT molecular complexity index is 640. The monoisotopic (exact) mass is 290 g/mol. The topological polar surface area (TPSA) is 47.3 Å². The molecule has 0 fully saturated rings. The Morgan fingerprint density at radius 3 is 2.52 bits per heavy atom. The van der Waals surface area contributed by atoms with Crippen molar-refractivity contribution in [3.05, 3.63) is 70.3 Å². The summed E-state index contributed by atoms with van der Waals surface area (Å²) in [6.07, 6.45) is 0.147. The first-order valence-electron chi connectivity index (χ1n) is 6.77. The molecular weight excluding hydrogens is 274 g/mol. The van der Waals surface area contributed by atoms with Crippen LogP contribution in [0.5, 0.6) is 0 Å². The maximum absolute atomic E-state index is 13.8. The summed E-state index contributed by atoms with van der Waals surface area (Å²) in [6, 6.07) is 9.36. The lowest BCUT2D eigenvalue weighted by Gasteiger charge is -2.18. The van der Waals surface area contributed by atoms with Gasteiger partial charge >= 0.3 is 0 Å². The van der Waals surface area contributed by atoms with Gasteiger partial charge in [-0.05, 0) is 35.2 Å². The van der Waals surface area contributed by atoms with Gasteiger partial charge in [-0.3, -0.25) is 11.3 Å². The van der Waals surface area contributed by atoms with E-state index in [1.165, 1.54) is 18.2 Å². The van der Waals surface area contributed by atoms with Crippen molar-refractivity contribution in [1.29, 1.82) is 0 Å². The third kappa shape index (κ3) is 2.81. The first-order valence-corrected chi connectivity index (χ1v) is 6.77. The van der Waals surface area contributed by atoms with E-state index in [0.29, 0.717) is 13.2 Å². The molecule has 0 saturated carbocycles. The fraction of sp³-hybridized carbons (Fsp3) is 0.250. The molecule has 1 aliphatic rings. The molecule has 0 bridgehead atoms. The van der Waals surface area contributed by atoms with Gasteiger partial charge in [-0.2, -0.15) is 0 Å². The molecule has 21 heavy (non-hydrogen) atoms. The van der Waals surface area contributed by atoms with Crippen LogP contribution < -0.4 is 11.3 Å². The first-order chi connectivity index (χ1) is 10.2. The summed E-state index contributed by atoms with van der Waals surface area (Å²) in [7, 11) is 0. The summed E-state index contributed by atoms with van der Waals surface area (Å²) in [5.74, 6) is 4.46. The third-order valence-electron chi connectivity index (χ3n) is 3.82. The highest BCUT2D eigenvalue weighted by molar-refractivity contribution is 5.35. The van der Waals surface area contributed by atoms with Crippen LogP contribution in [0.4, 0.5) is 8.78 Å². The highest BCUT2D eigenvalue weighted by atomic mass is 19.1. The van der Waals surface area contributed by atoms with Crippen molar-refractivity contribution in [3.8, 4) is 0 Å². The lowest BCUT2D eigenvalue weighted by atomic mass is 9.96. The van der Waals surface area contributed by atoms with Gasteiger partial charge in [-0.25, -0.2) is 8.78 Å². The lowest BCUT2D eigenvalue weighted by Crippen LogP contribution is -2.30. The number of rotatable bonds is 4. The minimum Gasteiger partial charge on any atom is -0.372 e. The Morgan fingerprint density at radius 2 is 1.81 bits per heavy atom. The van der Waals surface area contributed by atoms with Crippen molar-refractivity contribution in [3.63, 3.8) is 0 Å². The van der Waals surface area contributed by atoms with Crippen LogP contribution in [-0.2, 0) is 24.4 Å². The zero-order chi connectivity index (χ0) is 14.8. The van der Waals surface area contributed by atoms with Crippen LogP contribution in [0, 0.1) is 11.6 Å². The van der Waals surface area contributed by atoms with E-state index < -0.39 is 11.6 Å². The van der Waals surface area contributed by atoms with E-state index in [1.807, 2.05) is 18.2 Å². The molecule has 2 aromatic rings. The standard InChI is InChI=1S/C16H16F2N2O/c17-14-2-1-3-15(18)13(14)7-16(20-19)10-4-5-11-8-21-9-12(11)6-10/h1-6,16,20H,7-9,19H2. The number of fused-ring (bicyclic) bond motifs is 1. The van der Waals surface area contributed by atoms with E-state index in [1.54, 1.807) is 0 Å². The molecule has 1 heterocycles. The van der Waals surface area contributed by atoms with Gasteiger partial charge in [-0.1, -0.05) is 24.3 Å². The summed E-state index contributed by atoms with van der Waals surface area (Å²) >= 11 is 0. The van der Waals surface area contributed by atoms with E-state index in [0.717, 1.165) is 16.7 Å². The Balaban J connectivity index is 1.89. The number of nitrogens with two attached hydrogens (primary N) is 1. The van der Waals surface area contributed by atoms with Crippen molar-refractivity contribution in [2.24, 2.45) is 5.84 Å². The number of hydrazine groups is 1. The second-order valence-electron chi connectivity index (χ2n) is 5.14. The smallest absolute Gasteiger partial charge is 0.129 e. The average Bonchev–Trinajstić information content (AvgIpc) is 2.94. The van der Waals surface area contributed by atoms with Crippen molar-refractivity contribution in [1.82, 2.24) is 5.43 Å². The van der Waals surface area contributed by atoms with Gasteiger partial charge in [0.05, 0.1) is 19.3 Å². The third-order valence-corrected chi connectivity index (χ3v) is 3.82. The second kappa shape index (κ2) is 5.89.